The number of esters is 1. The molecule has 0 bridgehead atoms. The van der Waals surface area contributed by atoms with Gasteiger partial charge in [0.15, 0.2) is 0 Å². The summed E-state index contributed by atoms with van der Waals surface area (Å²) >= 11 is 1.29. The third kappa shape index (κ3) is 3.73. The molecule has 1 aromatic rings. The van der Waals surface area contributed by atoms with Crippen molar-refractivity contribution >= 4 is 17.7 Å². The van der Waals surface area contributed by atoms with Crippen molar-refractivity contribution in [2.75, 3.05) is 12.4 Å². The highest BCUT2D eigenvalue weighted by Gasteiger charge is 2.15. The molecule has 0 atom stereocenters. The fourth-order valence-electron chi connectivity index (χ4n) is 2.31. The van der Waals surface area contributed by atoms with Crippen LogP contribution in [0.3, 0.4) is 0 Å². The van der Waals surface area contributed by atoms with Crippen molar-refractivity contribution in [3.8, 4) is 6.07 Å². The summed E-state index contributed by atoms with van der Waals surface area (Å²) in [5, 5.41) is 9.89. The number of rotatable bonds is 4. The Morgan fingerprint density at radius 3 is 3.00 bits per heavy atom. The zero-order valence-corrected chi connectivity index (χ0v) is 12.5. The summed E-state index contributed by atoms with van der Waals surface area (Å²) in [5.74, 6) is -0.0629. The van der Waals surface area contributed by atoms with Gasteiger partial charge in [-0.05, 0) is 44.2 Å². The van der Waals surface area contributed by atoms with Gasteiger partial charge in [-0.15, -0.1) is 0 Å². The fraction of sp³-hybridized carbons (Fsp3) is 0.533. The van der Waals surface area contributed by atoms with Crippen molar-refractivity contribution in [1.29, 1.82) is 5.26 Å². The highest BCUT2D eigenvalue weighted by atomic mass is 32.2. The molecular formula is C15H18N2O2S. The molecule has 0 unspecified atom stereocenters. The number of ether oxygens (including phenoxy) is 1. The second kappa shape index (κ2) is 7.30. The van der Waals surface area contributed by atoms with Crippen molar-refractivity contribution in [2.24, 2.45) is 0 Å². The average molecular weight is 290 g/mol. The van der Waals surface area contributed by atoms with Crippen LogP contribution in [0, 0.1) is 11.3 Å². The summed E-state index contributed by atoms with van der Waals surface area (Å²) in [5.41, 5.74) is 2.85. The Labute approximate surface area is 123 Å². The molecule has 1 aliphatic rings. The molecule has 0 saturated heterocycles. The summed E-state index contributed by atoms with van der Waals surface area (Å²) in [6, 6.07) is 4.13. The molecule has 4 nitrogen and oxygen atoms in total. The molecule has 0 aromatic carbocycles. The molecule has 1 aromatic heterocycles. The minimum atomic E-state index is -0.266. The van der Waals surface area contributed by atoms with E-state index >= 15 is 0 Å². The maximum atomic E-state index is 11.4. The van der Waals surface area contributed by atoms with E-state index in [4.69, 9.17) is 4.74 Å². The van der Waals surface area contributed by atoms with Crippen LogP contribution in [-0.2, 0) is 22.4 Å². The lowest BCUT2D eigenvalue weighted by molar-refractivity contribution is -0.139. The first-order valence-corrected chi connectivity index (χ1v) is 7.94. The SMILES string of the molecule is CCOC(=O)CSc1nc2c(cc1C#N)CCCCC2. The third-order valence-electron chi connectivity index (χ3n) is 3.27. The van der Waals surface area contributed by atoms with Gasteiger partial charge in [0.2, 0.25) is 0 Å². The standard InChI is InChI=1S/C15H18N2O2S/c1-2-19-14(18)10-20-15-12(9-16)8-11-6-4-3-5-7-13(11)17-15/h8H,2-7,10H2,1H3. The van der Waals surface area contributed by atoms with Crippen molar-refractivity contribution in [3.05, 3.63) is 22.9 Å². The molecule has 1 aliphatic carbocycles. The first-order valence-electron chi connectivity index (χ1n) is 6.96. The Kier molecular flexibility index (Phi) is 5.42. The van der Waals surface area contributed by atoms with Gasteiger partial charge in [-0.3, -0.25) is 4.79 Å². The Bertz CT molecular complexity index is 537. The summed E-state index contributed by atoms with van der Waals surface area (Å²) in [7, 11) is 0. The van der Waals surface area contributed by atoms with E-state index in [2.05, 4.69) is 11.1 Å². The molecule has 0 N–H and O–H groups in total. The highest BCUT2D eigenvalue weighted by Crippen LogP contribution is 2.26. The number of pyridine rings is 1. The number of carbonyl (C=O) groups excluding carboxylic acids is 1. The molecule has 20 heavy (non-hydrogen) atoms. The van der Waals surface area contributed by atoms with E-state index in [1.807, 2.05) is 6.07 Å². The van der Waals surface area contributed by atoms with E-state index in [-0.39, 0.29) is 11.7 Å². The number of carbonyl (C=O) groups is 1. The highest BCUT2D eigenvalue weighted by molar-refractivity contribution is 7.99. The summed E-state index contributed by atoms with van der Waals surface area (Å²) in [6.45, 7) is 2.16. The topological polar surface area (TPSA) is 63.0 Å². The van der Waals surface area contributed by atoms with Crippen molar-refractivity contribution in [2.45, 2.75) is 44.1 Å². The maximum absolute atomic E-state index is 11.4. The molecular weight excluding hydrogens is 272 g/mol. The predicted molar refractivity (Wildman–Crippen MR) is 77.6 cm³/mol. The van der Waals surface area contributed by atoms with Crippen molar-refractivity contribution < 1.29 is 9.53 Å². The molecule has 106 valence electrons. The first-order chi connectivity index (χ1) is 9.74. The van der Waals surface area contributed by atoms with Crippen LogP contribution in [0.5, 0.6) is 0 Å². The summed E-state index contributed by atoms with van der Waals surface area (Å²) < 4.78 is 4.90. The van der Waals surface area contributed by atoms with Crippen LogP contribution in [0.25, 0.3) is 0 Å². The number of thioether (sulfide) groups is 1. The summed E-state index contributed by atoms with van der Waals surface area (Å²) in [4.78, 5) is 16.0. The maximum Gasteiger partial charge on any atom is 0.316 e. The minimum Gasteiger partial charge on any atom is -0.465 e. The molecule has 0 spiro atoms. The van der Waals surface area contributed by atoms with Gasteiger partial charge in [0.05, 0.1) is 17.9 Å². The number of aryl methyl sites for hydroxylation is 2. The van der Waals surface area contributed by atoms with Gasteiger partial charge in [0, 0.05) is 5.69 Å². The molecule has 0 radical (unpaired) electrons. The lowest BCUT2D eigenvalue weighted by atomic mass is 10.1. The van der Waals surface area contributed by atoms with Gasteiger partial charge in [-0.2, -0.15) is 5.26 Å². The largest absolute Gasteiger partial charge is 0.465 e. The monoisotopic (exact) mass is 290 g/mol. The molecule has 5 heteroatoms. The zero-order valence-electron chi connectivity index (χ0n) is 11.6. The zero-order chi connectivity index (χ0) is 14.4. The quantitative estimate of drug-likeness (QED) is 0.485. The van der Waals surface area contributed by atoms with Crippen molar-refractivity contribution in [1.82, 2.24) is 4.98 Å². The van der Waals surface area contributed by atoms with Crippen molar-refractivity contribution in [3.63, 3.8) is 0 Å². The number of nitriles is 1. The number of aromatic nitrogens is 1. The molecule has 0 aliphatic heterocycles. The van der Waals surface area contributed by atoms with Gasteiger partial charge in [0.25, 0.3) is 0 Å². The van der Waals surface area contributed by atoms with E-state index in [1.165, 1.54) is 23.7 Å². The molecule has 2 rings (SSSR count). The van der Waals surface area contributed by atoms with E-state index in [0.717, 1.165) is 31.4 Å². The second-order valence-corrected chi connectivity index (χ2v) is 5.68. The van der Waals surface area contributed by atoms with E-state index < -0.39 is 0 Å². The molecule has 0 saturated carbocycles. The molecule has 1 heterocycles. The average Bonchev–Trinajstić information content (AvgIpc) is 2.68. The fourth-order valence-corrected chi connectivity index (χ4v) is 3.08. The van der Waals surface area contributed by atoms with Crippen LogP contribution in [-0.4, -0.2) is 23.3 Å². The van der Waals surface area contributed by atoms with Crippen LogP contribution < -0.4 is 0 Å². The van der Waals surface area contributed by atoms with Gasteiger partial charge >= 0.3 is 5.97 Å². The van der Waals surface area contributed by atoms with Crippen LogP contribution in [0.15, 0.2) is 11.1 Å². The molecule has 0 amide bonds. The first kappa shape index (κ1) is 14.9. The van der Waals surface area contributed by atoms with Gasteiger partial charge in [-0.1, -0.05) is 18.2 Å². The third-order valence-corrected chi connectivity index (χ3v) is 4.23. The lowest BCUT2D eigenvalue weighted by Crippen LogP contribution is -2.08. The van der Waals surface area contributed by atoms with Crippen LogP contribution in [0.4, 0.5) is 0 Å². The Hall–Kier alpha value is -1.54. The number of hydrogen-bond acceptors (Lipinski definition) is 5. The Morgan fingerprint density at radius 1 is 1.45 bits per heavy atom. The van der Waals surface area contributed by atoms with Crippen LogP contribution in [0.1, 0.15) is 43.0 Å². The van der Waals surface area contributed by atoms with Crippen LogP contribution in [0.2, 0.25) is 0 Å². The van der Waals surface area contributed by atoms with Gasteiger partial charge in [0.1, 0.15) is 11.1 Å². The second-order valence-electron chi connectivity index (χ2n) is 4.71. The number of nitrogens with zero attached hydrogens (tertiary/aromatic N) is 2. The van der Waals surface area contributed by atoms with Gasteiger partial charge in [-0.25, -0.2) is 4.98 Å². The Morgan fingerprint density at radius 2 is 2.25 bits per heavy atom. The predicted octanol–water partition coefficient (Wildman–Crippen LogP) is 2.88. The van der Waals surface area contributed by atoms with Crippen LogP contribution >= 0.6 is 11.8 Å². The smallest absolute Gasteiger partial charge is 0.316 e. The molecule has 0 fully saturated rings. The normalized spacial score (nSPS) is 14.0. The van der Waals surface area contributed by atoms with E-state index in [9.17, 15) is 10.1 Å². The number of fused-ring (bicyclic) bond motifs is 1. The summed E-state index contributed by atoms with van der Waals surface area (Å²) in [6.07, 6.45) is 5.49. The minimum absolute atomic E-state index is 0.203. The van der Waals surface area contributed by atoms with Gasteiger partial charge < -0.3 is 4.74 Å². The van der Waals surface area contributed by atoms with E-state index in [1.54, 1.807) is 6.92 Å². The Balaban J connectivity index is 2.17. The van der Waals surface area contributed by atoms with E-state index in [0.29, 0.717) is 17.2 Å². The lowest BCUT2D eigenvalue weighted by Gasteiger charge is -2.09. The number of hydrogen-bond donors (Lipinski definition) is 0.